The highest BCUT2D eigenvalue weighted by atomic mass is 32.1. The van der Waals surface area contributed by atoms with E-state index in [1.54, 1.807) is 0 Å². The molecule has 1 aliphatic carbocycles. The van der Waals surface area contributed by atoms with Crippen molar-refractivity contribution in [2.75, 3.05) is 5.32 Å². The first kappa shape index (κ1) is 14.7. The van der Waals surface area contributed by atoms with Gasteiger partial charge in [0.25, 0.3) is 0 Å². The number of hydrogen-bond acceptors (Lipinski definition) is 4. The highest BCUT2D eigenvalue weighted by Crippen LogP contribution is 2.32. The smallest absolute Gasteiger partial charge is 0.307 e. The van der Waals surface area contributed by atoms with Gasteiger partial charge >= 0.3 is 5.97 Å². The van der Waals surface area contributed by atoms with Crippen LogP contribution in [0.1, 0.15) is 19.8 Å². The second-order valence-electron chi connectivity index (χ2n) is 5.52. The molecule has 1 heterocycles. The van der Waals surface area contributed by atoms with Crippen LogP contribution in [-0.2, 0) is 9.59 Å². The first-order valence-electron chi connectivity index (χ1n) is 7.09. The fourth-order valence-corrected chi connectivity index (χ4v) is 3.61. The number of amides is 1. The van der Waals surface area contributed by atoms with E-state index < -0.39 is 17.8 Å². The van der Waals surface area contributed by atoms with E-state index in [1.807, 2.05) is 37.3 Å². The minimum absolute atomic E-state index is 0.268. The Labute approximate surface area is 131 Å². The molecular formula is C16H16N2O3S. The molecule has 22 heavy (non-hydrogen) atoms. The van der Waals surface area contributed by atoms with Gasteiger partial charge in [-0.3, -0.25) is 9.59 Å². The van der Waals surface area contributed by atoms with Crippen LogP contribution >= 0.6 is 11.3 Å². The quantitative estimate of drug-likeness (QED) is 0.852. The van der Waals surface area contributed by atoms with Crippen LogP contribution in [-0.4, -0.2) is 22.0 Å². The summed E-state index contributed by atoms with van der Waals surface area (Å²) in [5.41, 5.74) is 1.86. The van der Waals surface area contributed by atoms with E-state index in [1.165, 1.54) is 11.3 Å². The molecule has 1 amide bonds. The lowest BCUT2D eigenvalue weighted by Gasteiger charge is -2.26. The van der Waals surface area contributed by atoms with Gasteiger partial charge in [0.15, 0.2) is 5.13 Å². The Morgan fingerprint density at radius 3 is 2.82 bits per heavy atom. The summed E-state index contributed by atoms with van der Waals surface area (Å²) < 4.78 is 0.993. The molecule has 3 rings (SSSR count). The molecule has 0 spiro atoms. The number of nitrogens with one attached hydrogen (secondary N) is 1. The van der Waals surface area contributed by atoms with Gasteiger partial charge in [-0.2, -0.15) is 0 Å². The van der Waals surface area contributed by atoms with Crippen molar-refractivity contribution in [3.05, 3.63) is 35.9 Å². The number of aromatic nitrogens is 1. The van der Waals surface area contributed by atoms with Gasteiger partial charge in [0, 0.05) is 0 Å². The van der Waals surface area contributed by atoms with Crippen LogP contribution in [0.25, 0.3) is 10.2 Å². The average Bonchev–Trinajstić information content (AvgIpc) is 2.89. The van der Waals surface area contributed by atoms with Gasteiger partial charge in [0.2, 0.25) is 5.91 Å². The number of para-hydroxylation sites is 1. The summed E-state index contributed by atoms with van der Waals surface area (Å²) in [5.74, 6) is -2.40. The molecule has 1 aromatic carbocycles. The second-order valence-corrected chi connectivity index (χ2v) is 6.55. The highest BCUT2D eigenvalue weighted by Gasteiger charge is 2.35. The molecule has 2 atom stereocenters. The number of carbonyl (C=O) groups excluding carboxylic acids is 1. The summed E-state index contributed by atoms with van der Waals surface area (Å²) in [7, 11) is 0. The normalized spacial score (nSPS) is 21.4. The molecular weight excluding hydrogens is 300 g/mol. The largest absolute Gasteiger partial charge is 0.481 e. The van der Waals surface area contributed by atoms with E-state index in [0.717, 1.165) is 15.8 Å². The maximum atomic E-state index is 12.4. The monoisotopic (exact) mass is 316 g/mol. The molecule has 0 radical (unpaired) electrons. The number of benzene rings is 1. The summed E-state index contributed by atoms with van der Waals surface area (Å²) in [5, 5.41) is 12.6. The highest BCUT2D eigenvalue weighted by molar-refractivity contribution is 7.22. The SMILES string of the molecule is CC1=CCC(C(=O)Nc2nc3ccccc3s2)C(C(=O)O)C1. The maximum Gasteiger partial charge on any atom is 0.307 e. The van der Waals surface area contributed by atoms with Crippen molar-refractivity contribution < 1.29 is 14.7 Å². The molecule has 6 heteroatoms. The van der Waals surface area contributed by atoms with Crippen LogP contribution < -0.4 is 5.32 Å². The van der Waals surface area contributed by atoms with Gasteiger partial charge in [-0.15, -0.1) is 0 Å². The summed E-state index contributed by atoms with van der Waals surface area (Å²) in [4.78, 5) is 28.2. The third-order valence-corrected chi connectivity index (χ3v) is 4.88. The summed E-state index contributed by atoms with van der Waals surface area (Å²) in [6, 6.07) is 7.63. The number of thiazole rings is 1. The van der Waals surface area contributed by atoms with Crippen molar-refractivity contribution in [1.82, 2.24) is 4.98 Å². The Kier molecular flexibility index (Phi) is 3.94. The second kappa shape index (κ2) is 5.88. The molecule has 2 N–H and O–H groups in total. The molecule has 2 unspecified atom stereocenters. The predicted molar refractivity (Wildman–Crippen MR) is 85.9 cm³/mol. The van der Waals surface area contributed by atoms with Crippen molar-refractivity contribution >= 4 is 38.6 Å². The Balaban J connectivity index is 1.79. The van der Waals surface area contributed by atoms with Crippen LogP contribution in [0.4, 0.5) is 5.13 Å². The van der Waals surface area contributed by atoms with Crippen molar-refractivity contribution in [2.24, 2.45) is 11.8 Å². The van der Waals surface area contributed by atoms with Gasteiger partial charge in [0.05, 0.1) is 22.1 Å². The van der Waals surface area contributed by atoms with Crippen LogP contribution in [0.5, 0.6) is 0 Å². The molecule has 0 bridgehead atoms. The average molecular weight is 316 g/mol. The lowest BCUT2D eigenvalue weighted by atomic mass is 9.79. The number of aliphatic carboxylic acids is 1. The number of carboxylic acid groups (broad SMARTS) is 1. The van der Waals surface area contributed by atoms with Crippen LogP contribution in [0.3, 0.4) is 0 Å². The van der Waals surface area contributed by atoms with Gasteiger partial charge in [-0.25, -0.2) is 4.98 Å². The summed E-state index contributed by atoms with van der Waals surface area (Å²) in [6.45, 7) is 1.90. The van der Waals surface area contributed by atoms with Crippen molar-refractivity contribution in [2.45, 2.75) is 19.8 Å². The number of anilines is 1. The number of nitrogens with zero attached hydrogens (tertiary/aromatic N) is 1. The molecule has 5 nitrogen and oxygen atoms in total. The summed E-state index contributed by atoms with van der Waals surface area (Å²) >= 11 is 1.39. The van der Waals surface area contributed by atoms with E-state index >= 15 is 0 Å². The Hall–Kier alpha value is -2.21. The topological polar surface area (TPSA) is 79.3 Å². The van der Waals surface area contributed by atoms with E-state index in [0.29, 0.717) is 18.0 Å². The van der Waals surface area contributed by atoms with Gasteiger partial charge < -0.3 is 10.4 Å². The lowest BCUT2D eigenvalue weighted by molar-refractivity contribution is -0.146. The zero-order chi connectivity index (χ0) is 15.7. The maximum absolute atomic E-state index is 12.4. The van der Waals surface area contributed by atoms with Gasteiger partial charge in [-0.05, 0) is 31.9 Å². The fraction of sp³-hybridized carbons (Fsp3) is 0.312. The molecule has 0 saturated heterocycles. The van der Waals surface area contributed by atoms with Crippen molar-refractivity contribution in [3.8, 4) is 0 Å². The Morgan fingerprint density at radius 2 is 2.09 bits per heavy atom. The number of rotatable bonds is 3. The Bertz CT molecular complexity index is 733. The zero-order valence-corrected chi connectivity index (χ0v) is 12.9. The van der Waals surface area contributed by atoms with Crippen LogP contribution in [0.15, 0.2) is 35.9 Å². The lowest BCUT2D eigenvalue weighted by Crippen LogP contribution is -2.35. The van der Waals surface area contributed by atoms with Gasteiger partial charge in [-0.1, -0.05) is 35.1 Å². The molecule has 1 aliphatic rings. The number of carboxylic acids is 1. The fourth-order valence-electron chi connectivity index (χ4n) is 2.74. The summed E-state index contributed by atoms with van der Waals surface area (Å²) in [6.07, 6.45) is 2.83. The number of fused-ring (bicyclic) bond motifs is 1. The first-order valence-corrected chi connectivity index (χ1v) is 7.91. The predicted octanol–water partition coefficient (Wildman–Crippen LogP) is 3.29. The van der Waals surface area contributed by atoms with E-state index in [2.05, 4.69) is 10.3 Å². The molecule has 1 aromatic heterocycles. The Morgan fingerprint density at radius 1 is 1.32 bits per heavy atom. The first-order chi connectivity index (χ1) is 10.5. The minimum atomic E-state index is -0.920. The standard InChI is InChI=1S/C16H16N2O3S/c1-9-6-7-10(11(8-9)15(20)21)14(19)18-16-17-12-4-2-3-5-13(12)22-16/h2-6,10-11H,7-8H2,1H3,(H,20,21)(H,17,18,19). The molecule has 114 valence electrons. The number of allylic oxidation sites excluding steroid dienone is 2. The van der Waals surface area contributed by atoms with Gasteiger partial charge in [0.1, 0.15) is 0 Å². The van der Waals surface area contributed by atoms with E-state index in [-0.39, 0.29) is 5.91 Å². The third kappa shape index (κ3) is 2.87. The number of hydrogen-bond donors (Lipinski definition) is 2. The number of carbonyl (C=O) groups is 2. The molecule has 0 aliphatic heterocycles. The van der Waals surface area contributed by atoms with Crippen molar-refractivity contribution in [1.29, 1.82) is 0 Å². The molecule has 0 fully saturated rings. The van der Waals surface area contributed by atoms with Crippen LogP contribution in [0.2, 0.25) is 0 Å². The third-order valence-electron chi connectivity index (χ3n) is 3.93. The molecule has 0 saturated carbocycles. The zero-order valence-electron chi connectivity index (χ0n) is 12.1. The van der Waals surface area contributed by atoms with E-state index in [4.69, 9.17) is 0 Å². The molecule has 2 aromatic rings. The minimum Gasteiger partial charge on any atom is -0.481 e. The van der Waals surface area contributed by atoms with E-state index in [9.17, 15) is 14.7 Å². The van der Waals surface area contributed by atoms with Crippen LogP contribution in [0, 0.1) is 11.8 Å². The van der Waals surface area contributed by atoms with Crippen molar-refractivity contribution in [3.63, 3.8) is 0 Å².